The number of pyridine rings is 1. The van der Waals surface area contributed by atoms with Crippen LogP contribution < -0.4 is 4.57 Å². The Balaban J connectivity index is 2.71. The monoisotopic (exact) mass is 220 g/mol. The minimum Gasteiger partial charge on any atom is -0.292 e. The lowest BCUT2D eigenvalue weighted by atomic mass is 10.0. The van der Waals surface area contributed by atoms with Crippen LogP contribution >= 0.6 is 0 Å². The van der Waals surface area contributed by atoms with Gasteiger partial charge in [0.05, 0.1) is 0 Å². The first-order valence-electron chi connectivity index (χ1n) is 6.28. The Bertz CT molecular complexity index is 308. The number of ketones is 1. The number of Topliss-reactive ketones (excluding diaryl/α,β-unsaturated/α-hetero) is 1. The molecule has 0 N–H and O–H groups in total. The van der Waals surface area contributed by atoms with Crippen LogP contribution in [0, 0.1) is 0 Å². The number of aromatic nitrogens is 1. The van der Waals surface area contributed by atoms with Crippen LogP contribution in [0.4, 0.5) is 0 Å². The lowest BCUT2D eigenvalue weighted by molar-refractivity contribution is -0.709. The van der Waals surface area contributed by atoms with Crippen molar-refractivity contribution in [3.05, 3.63) is 30.6 Å². The van der Waals surface area contributed by atoms with Crippen molar-refractivity contribution in [3.63, 3.8) is 0 Å². The van der Waals surface area contributed by atoms with E-state index in [1.807, 2.05) is 35.2 Å². The second kappa shape index (κ2) is 7.15. The lowest BCUT2D eigenvalue weighted by Crippen LogP contribution is -2.43. The van der Waals surface area contributed by atoms with Crippen molar-refractivity contribution in [3.8, 4) is 0 Å². The van der Waals surface area contributed by atoms with E-state index < -0.39 is 0 Å². The molecule has 0 amide bonds. The summed E-state index contributed by atoms with van der Waals surface area (Å²) in [5, 5.41) is 0. The lowest BCUT2D eigenvalue weighted by Gasteiger charge is -2.09. The summed E-state index contributed by atoms with van der Waals surface area (Å²) >= 11 is 0. The van der Waals surface area contributed by atoms with Gasteiger partial charge >= 0.3 is 0 Å². The second-order valence-electron chi connectivity index (χ2n) is 4.20. The summed E-state index contributed by atoms with van der Waals surface area (Å²) in [6.45, 7) is 4.25. The minimum atomic E-state index is 0.0396. The Labute approximate surface area is 98.3 Å². The third kappa shape index (κ3) is 3.76. The maximum Gasteiger partial charge on any atom is 0.216 e. The van der Waals surface area contributed by atoms with E-state index in [0.717, 1.165) is 25.7 Å². The van der Waals surface area contributed by atoms with Gasteiger partial charge in [-0.1, -0.05) is 26.3 Å². The Morgan fingerprint density at radius 2 is 1.81 bits per heavy atom. The summed E-state index contributed by atoms with van der Waals surface area (Å²) in [4.78, 5) is 12.1. The largest absolute Gasteiger partial charge is 0.292 e. The van der Waals surface area contributed by atoms with E-state index in [2.05, 4.69) is 13.8 Å². The fraction of sp³-hybridized carbons (Fsp3) is 0.571. The van der Waals surface area contributed by atoms with Gasteiger partial charge in [-0.15, -0.1) is 0 Å². The number of nitrogens with zero attached hydrogens (tertiary/aromatic N) is 1. The molecule has 2 heteroatoms. The van der Waals surface area contributed by atoms with Crippen LogP contribution in [0.5, 0.6) is 0 Å². The van der Waals surface area contributed by atoms with Gasteiger partial charge in [0, 0.05) is 25.0 Å². The molecule has 0 aromatic carbocycles. The number of rotatable bonds is 7. The number of hydrogen-bond acceptors (Lipinski definition) is 1. The van der Waals surface area contributed by atoms with Crippen LogP contribution in [-0.2, 0) is 4.79 Å². The molecule has 0 aliphatic heterocycles. The summed E-state index contributed by atoms with van der Waals surface area (Å²) in [5.41, 5.74) is 0. The standard InChI is InChI=1S/C14H22NO/c1-3-5-10-14(16)13(9-4-2)15-11-7-6-8-12-15/h6-8,11-13H,3-5,9-10H2,1-2H3/q+1. The zero-order valence-electron chi connectivity index (χ0n) is 10.4. The number of hydrogen-bond donors (Lipinski definition) is 0. The maximum absolute atomic E-state index is 12.1. The average molecular weight is 220 g/mol. The Hall–Kier alpha value is -1.18. The van der Waals surface area contributed by atoms with E-state index >= 15 is 0 Å². The van der Waals surface area contributed by atoms with Crippen LogP contribution in [0.1, 0.15) is 52.0 Å². The van der Waals surface area contributed by atoms with Crippen LogP contribution in [0.25, 0.3) is 0 Å². The van der Waals surface area contributed by atoms with Crippen LogP contribution in [-0.4, -0.2) is 5.78 Å². The molecule has 0 saturated heterocycles. The molecule has 1 rings (SSSR count). The second-order valence-corrected chi connectivity index (χ2v) is 4.20. The van der Waals surface area contributed by atoms with Crippen molar-refractivity contribution in [1.29, 1.82) is 0 Å². The average Bonchev–Trinajstić information content (AvgIpc) is 2.34. The van der Waals surface area contributed by atoms with E-state index in [4.69, 9.17) is 0 Å². The normalized spacial score (nSPS) is 12.4. The molecule has 1 unspecified atom stereocenters. The molecule has 0 bridgehead atoms. The fourth-order valence-electron chi connectivity index (χ4n) is 1.89. The molecular weight excluding hydrogens is 198 g/mol. The summed E-state index contributed by atoms with van der Waals surface area (Å²) in [6.07, 6.45) is 8.77. The maximum atomic E-state index is 12.1. The molecule has 0 aliphatic rings. The third-order valence-corrected chi connectivity index (χ3v) is 2.81. The summed E-state index contributed by atoms with van der Waals surface area (Å²) in [6, 6.07) is 5.99. The molecule has 1 atom stereocenters. The zero-order valence-corrected chi connectivity index (χ0v) is 10.4. The predicted molar refractivity (Wildman–Crippen MR) is 65.1 cm³/mol. The molecule has 0 radical (unpaired) electrons. The minimum absolute atomic E-state index is 0.0396. The van der Waals surface area contributed by atoms with Crippen molar-refractivity contribution >= 4 is 5.78 Å². The summed E-state index contributed by atoms with van der Waals surface area (Å²) in [7, 11) is 0. The molecule has 1 aromatic rings. The van der Waals surface area contributed by atoms with Crippen molar-refractivity contribution in [2.45, 2.75) is 52.0 Å². The highest BCUT2D eigenvalue weighted by Gasteiger charge is 2.24. The molecule has 1 aromatic heterocycles. The molecule has 2 nitrogen and oxygen atoms in total. The van der Waals surface area contributed by atoms with Crippen LogP contribution in [0.15, 0.2) is 30.6 Å². The van der Waals surface area contributed by atoms with Gasteiger partial charge in [0.15, 0.2) is 12.4 Å². The Kier molecular flexibility index (Phi) is 5.76. The SMILES string of the molecule is CCCCC(=O)C(CCC)[n+]1ccccc1. The van der Waals surface area contributed by atoms with Crippen molar-refractivity contribution in [2.24, 2.45) is 0 Å². The highest BCUT2D eigenvalue weighted by Crippen LogP contribution is 2.11. The van der Waals surface area contributed by atoms with Gasteiger partial charge in [-0.05, 0) is 12.8 Å². The quantitative estimate of drug-likeness (QED) is 0.647. The van der Waals surface area contributed by atoms with E-state index in [9.17, 15) is 4.79 Å². The number of unbranched alkanes of at least 4 members (excludes halogenated alkanes) is 1. The van der Waals surface area contributed by atoms with Crippen LogP contribution in [0.2, 0.25) is 0 Å². The van der Waals surface area contributed by atoms with Gasteiger partial charge < -0.3 is 0 Å². The summed E-state index contributed by atoms with van der Waals surface area (Å²) in [5.74, 6) is 0.375. The molecule has 0 aliphatic carbocycles. The van der Waals surface area contributed by atoms with Gasteiger partial charge in [-0.2, -0.15) is 4.57 Å². The molecule has 1 heterocycles. The van der Waals surface area contributed by atoms with Crippen molar-refractivity contribution < 1.29 is 9.36 Å². The Morgan fingerprint density at radius 3 is 2.38 bits per heavy atom. The van der Waals surface area contributed by atoms with Crippen LogP contribution in [0.3, 0.4) is 0 Å². The Morgan fingerprint density at radius 1 is 1.12 bits per heavy atom. The number of carbonyl (C=O) groups excluding carboxylic acids is 1. The first-order chi connectivity index (χ1) is 7.79. The van der Waals surface area contributed by atoms with E-state index in [-0.39, 0.29) is 6.04 Å². The highest BCUT2D eigenvalue weighted by molar-refractivity contribution is 5.80. The zero-order chi connectivity index (χ0) is 11.8. The first kappa shape index (κ1) is 12.9. The van der Waals surface area contributed by atoms with Crippen molar-refractivity contribution in [1.82, 2.24) is 0 Å². The highest BCUT2D eigenvalue weighted by atomic mass is 16.1. The fourth-order valence-corrected chi connectivity index (χ4v) is 1.89. The predicted octanol–water partition coefficient (Wildman–Crippen LogP) is 3.07. The molecule has 0 spiro atoms. The van der Waals surface area contributed by atoms with Gasteiger partial charge in [-0.25, -0.2) is 0 Å². The van der Waals surface area contributed by atoms with Gasteiger partial charge in [0.1, 0.15) is 0 Å². The van der Waals surface area contributed by atoms with E-state index in [0.29, 0.717) is 12.2 Å². The number of carbonyl (C=O) groups is 1. The summed E-state index contributed by atoms with van der Waals surface area (Å²) < 4.78 is 2.04. The topological polar surface area (TPSA) is 20.9 Å². The van der Waals surface area contributed by atoms with Gasteiger partial charge in [-0.3, -0.25) is 4.79 Å². The first-order valence-corrected chi connectivity index (χ1v) is 6.28. The van der Waals surface area contributed by atoms with Gasteiger partial charge in [0.25, 0.3) is 0 Å². The van der Waals surface area contributed by atoms with E-state index in [1.54, 1.807) is 0 Å². The van der Waals surface area contributed by atoms with Gasteiger partial charge in [0.2, 0.25) is 11.8 Å². The smallest absolute Gasteiger partial charge is 0.216 e. The molecule has 16 heavy (non-hydrogen) atoms. The molecule has 88 valence electrons. The van der Waals surface area contributed by atoms with Crippen molar-refractivity contribution in [2.75, 3.05) is 0 Å². The molecular formula is C14H22NO+. The van der Waals surface area contributed by atoms with E-state index in [1.165, 1.54) is 0 Å². The third-order valence-electron chi connectivity index (χ3n) is 2.81. The molecule has 0 fully saturated rings. The molecule has 0 saturated carbocycles.